The summed E-state index contributed by atoms with van der Waals surface area (Å²) in [6, 6.07) is 9.99. The molecule has 0 saturated heterocycles. The summed E-state index contributed by atoms with van der Waals surface area (Å²) in [5.74, 6) is 5.86. The van der Waals surface area contributed by atoms with Crippen LogP contribution in [0.5, 0.6) is 0 Å². The SMILES string of the molecule is CCOC(=O)C[C@@H](c1ccc(C)c(CCl)c1)c1ccc(N(C)N)c(N)c1C. The molecule has 5 nitrogen and oxygen atoms in total. The molecule has 2 aromatic carbocycles. The molecule has 1 atom stereocenters. The molecule has 0 spiro atoms. The highest BCUT2D eigenvalue weighted by molar-refractivity contribution is 6.17. The lowest BCUT2D eigenvalue weighted by atomic mass is 9.84. The molecule has 2 rings (SSSR count). The number of aryl methyl sites for hydroxylation is 1. The molecule has 0 fully saturated rings. The number of alkyl halides is 1. The van der Waals surface area contributed by atoms with Crippen molar-refractivity contribution in [3.05, 3.63) is 58.1 Å². The monoisotopic (exact) mass is 389 g/mol. The lowest BCUT2D eigenvalue weighted by Gasteiger charge is -2.24. The number of carbonyl (C=O) groups is 1. The Labute approximate surface area is 166 Å². The third kappa shape index (κ3) is 4.73. The molecule has 2 aromatic rings. The van der Waals surface area contributed by atoms with Gasteiger partial charge in [-0.15, -0.1) is 11.6 Å². The summed E-state index contributed by atoms with van der Waals surface area (Å²) in [6.07, 6.45) is 0.233. The predicted octanol–water partition coefficient (Wildman–Crippen LogP) is 4.02. The van der Waals surface area contributed by atoms with Crippen molar-refractivity contribution in [3.8, 4) is 0 Å². The van der Waals surface area contributed by atoms with E-state index in [0.717, 1.165) is 33.5 Å². The van der Waals surface area contributed by atoms with Gasteiger partial charge in [-0.25, -0.2) is 5.84 Å². The van der Waals surface area contributed by atoms with E-state index in [1.807, 2.05) is 38.1 Å². The van der Waals surface area contributed by atoms with Crippen LogP contribution in [0.25, 0.3) is 0 Å². The van der Waals surface area contributed by atoms with Gasteiger partial charge in [-0.1, -0.05) is 24.3 Å². The van der Waals surface area contributed by atoms with Crippen LogP contribution in [-0.4, -0.2) is 19.6 Å². The standard InChI is InChI=1S/C21H28ClN3O2/c1-5-27-20(26)11-18(15-7-6-13(2)16(10-15)12-22)17-8-9-19(25(4)24)21(23)14(17)3/h6-10,18H,5,11-12,23-24H2,1-4H3/t18-/m0/s1. The van der Waals surface area contributed by atoms with Crippen LogP contribution in [0.1, 0.15) is 47.1 Å². The van der Waals surface area contributed by atoms with Crippen molar-refractivity contribution in [2.45, 2.75) is 39.0 Å². The molecule has 0 amide bonds. The second kappa shape index (κ2) is 9.11. The maximum Gasteiger partial charge on any atom is 0.306 e. The fourth-order valence-corrected chi connectivity index (χ4v) is 3.55. The zero-order valence-corrected chi connectivity index (χ0v) is 17.1. The molecule has 6 heteroatoms. The molecule has 0 aliphatic carbocycles. The number of ether oxygens (including phenoxy) is 1. The van der Waals surface area contributed by atoms with E-state index < -0.39 is 0 Å². The molecule has 0 aliphatic heterocycles. The molecule has 0 unspecified atom stereocenters. The van der Waals surface area contributed by atoms with E-state index in [1.54, 1.807) is 14.0 Å². The Morgan fingerprint density at radius 3 is 2.56 bits per heavy atom. The van der Waals surface area contributed by atoms with Crippen molar-refractivity contribution in [1.29, 1.82) is 0 Å². The van der Waals surface area contributed by atoms with Crippen LogP contribution < -0.4 is 16.6 Å². The van der Waals surface area contributed by atoms with Gasteiger partial charge in [0.05, 0.1) is 24.4 Å². The van der Waals surface area contributed by atoms with E-state index in [4.69, 9.17) is 27.9 Å². The number of anilines is 2. The van der Waals surface area contributed by atoms with Gasteiger partial charge >= 0.3 is 5.97 Å². The van der Waals surface area contributed by atoms with E-state index in [-0.39, 0.29) is 18.3 Å². The number of nitrogens with zero attached hydrogens (tertiary/aromatic N) is 1. The molecular weight excluding hydrogens is 362 g/mol. The summed E-state index contributed by atoms with van der Waals surface area (Å²) < 4.78 is 5.20. The largest absolute Gasteiger partial charge is 0.466 e. The topological polar surface area (TPSA) is 81.6 Å². The Balaban J connectivity index is 2.57. The summed E-state index contributed by atoms with van der Waals surface area (Å²) in [6.45, 7) is 6.13. The van der Waals surface area contributed by atoms with E-state index in [2.05, 4.69) is 6.07 Å². The number of benzene rings is 2. The Morgan fingerprint density at radius 1 is 1.26 bits per heavy atom. The van der Waals surface area contributed by atoms with Crippen LogP contribution in [0.2, 0.25) is 0 Å². The van der Waals surface area contributed by atoms with Crippen LogP contribution in [0, 0.1) is 13.8 Å². The maximum absolute atomic E-state index is 12.3. The molecule has 0 aromatic heterocycles. The predicted molar refractivity (Wildman–Crippen MR) is 112 cm³/mol. The number of rotatable bonds is 7. The molecule has 146 valence electrons. The van der Waals surface area contributed by atoms with E-state index in [1.165, 1.54) is 5.01 Å². The lowest BCUT2D eigenvalue weighted by Crippen LogP contribution is -2.26. The highest BCUT2D eigenvalue weighted by Gasteiger charge is 2.23. The van der Waals surface area contributed by atoms with E-state index in [0.29, 0.717) is 18.2 Å². The molecule has 0 aliphatic rings. The first-order chi connectivity index (χ1) is 12.8. The first kappa shape index (κ1) is 21.1. The van der Waals surface area contributed by atoms with Crippen molar-refractivity contribution in [1.82, 2.24) is 0 Å². The number of carbonyl (C=O) groups excluding carboxylic acids is 1. The number of hydrogen-bond donors (Lipinski definition) is 2. The van der Waals surface area contributed by atoms with Gasteiger partial charge in [-0.3, -0.25) is 4.79 Å². The summed E-state index contributed by atoms with van der Waals surface area (Å²) >= 11 is 6.09. The van der Waals surface area contributed by atoms with Gasteiger partial charge in [0.25, 0.3) is 0 Å². The van der Waals surface area contributed by atoms with Gasteiger partial charge in [0.15, 0.2) is 0 Å². The Hall–Kier alpha value is -2.24. The second-order valence-electron chi connectivity index (χ2n) is 6.70. The van der Waals surface area contributed by atoms with Crippen molar-refractivity contribution in [2.75, 3.05) is 24.4 Å². The van der Waals surface area contributed by atoms with E-state index >= 15 is 0 Å². The number of nitrogens with two attached hydrogens (primary N) is 2. The fourth-order valence-electron chi connectivity index (χ4n) is 3.26. The zero-order valence-electron chi connectivity index (χ0n) is 16.4. The molecule has 0 heterocycles. The summed E-state index contributed by atoms with van der Waals surface area (Å²) in [5.41, 5.74) is 12.7. The third-order valence-electron chi connectivity index (χ3n) is 4.88. The number of hydrazine groups is 1. The fraction of sp³-hybridized carbons (Fsp3) is 0.381. The minimum Gasteiger partial charge on any atom is -0.466 e. The van der Waals surface area contributed by atoms with Crippen LogP contribution in [0.3, 0.4) is 0 Å². The minimum atomic E-state index is -0.242. The Bertz CT molecular complexity index is 821. The molecule has 4 N–H and O–H groups in total. The maximum atomic E-state index is 12.3. The van der Waals surface area contributed by atoms with Crippen LogP contribution >= 0.6 is 11.6 Å². The number of hydrogen-bond acceptors (Lipinski definition) is 5. The quantitative estimate of drug-likeness (QED) is 0.246. The number of halogens is 1. The summed E-state index contributed by atoms with van der Waals surface area (Å²) in [5, 5.41) is 1.49. The van der Waals surface area contributed by atoms with Crippen LogP contribution in [-0.2, 0) is 15.4 Å². The van der Waals surface area contributed by atoms with Gasteiger partial charge in [0.2, 0.25) is 0 Å². The highest BCUT2D eigenvalue weighted by Crippen LogP contribution is 2.37. The van der Waals surface area contributed by atoms with Gasteiger partial charge in [0, 0.05) is 18.8 Å². The van der Waals surface area contributed by atoms with Crippen molar-refractivity contribution >= 4 is 28.9 Å². The first-order valence-corrected chi connectivity index (χ1v) is 9.51. The van der Waals surface area contributed by atoms with Crippen molar-refractivity contribution in [3.63, 3.8) is 0 Å². The molecular formula is C21H28ClN3O2. The van der Waals surface area contributed by atoms with Crippen LogP contribution in [0.15, 0.2) is 30.3 Å². The Kier molecular flexibility index (Phi) is 7.11. The third-order valence-corrected chi connectivity index (χ3v) is 5.17. The molecule has 0 bridgehead atoms. The van der Waals surface area contributed by atoms with Gasteiger partial charge < -0.3 is 15.5 Å². The van der Waals surface area contributed by atoms with Crippen molar-refractivity contribution < 1.29 is 9.53 Å². The minimum absolute atomic E-state index is 0.175. The number of nitrogen functional groups attached to an aromatic ring is 1. The normalized spacial score (nSPS) is 11.9. The first-order valence-electron chi connectivity index (χ1n) is 8.98. The average Bonchev–Trinajstić information content (AvgIpc) is 2.63. The second-order valence-corrected chi connectivity index (χ2v) is 6.97. The van der Waals surface area contributed by atoms with Gasteiger partial charge in [-0.2, -0.15) is 0 Å². The smallest absolute Gasteiger partial charge is 0.306 e. The van der Waals surface area contributed by atoms with Crippen LogP contribution in [0.4, 0.5) is 11.4 Å². The van der Waals surface area contributed by atoms with Gasteiger partial charge in [-0.05, 0) is 54.7 Å². The van der Waals surface area contributed by atoms with E-state index in [9.17, 15) is 4.79 Å². The molecule has 0 saturated carbocycles. The number of esters is 1. The summed E-state index contributed by atoms with van der Waals surface area (Å²) in [4.78, 5) is 12.3. The van der Waals surface area contributed by atoms with Crippen molar-refractivity contribution in [2.24, 2.45) is 5.84 Å². The molecule has 0 radical (unpaired) electrons. The molecule has 27 heavy (non-hydrogen) atoms. The highest BCUT2D eigenvalue weighted by atomic mass is 35.5. The zero-order chi connectivity index (χ0) is 20.1. The lowest BCUT2D eigenvalue weighted by molar-refractivity contribution is -0.143. The van der Waals surface area contributed by atoms with Gasteiger partial charge in [0.1, 0.15) is 0 Å². The average molecular weight is 390 g/mol. The Morgan fingerprint density at radius 2 is 1.96 bits per heavy atom. The summed E-state index contributed by atoms with van der Waals surface area (Å²) in [7, 11) is 1.74.